The van der Waals surface area contributed by atoms with Crippen molar-refractivity contribution in [2.75, 3.05) is 18.0 Å². The van der Waals surface area contributed by atoms with Gasteiger partial charge in [-0.15, -0.1) is 6.58 Å². The van der Waals surface area contributed by atoms with Gasteiger partial charge in [0.15, 0.2) is 0 Å². The van der Waals surface area contributed by atoms with E-state index in [4.69, 9.17) is 0 Å². The molecular formula is C28H28N2O2S. The lowest BCUT2D eigenvalue weighted by atomic mass is 9.90. The molecule has 1 aliphatic rings. The lowest BCUT2D eigenvalue weighted by molar-refractivity contribution is -0.121. The zero-order valence-corrected chi connectivity index (χ0v) is 19.6. The number of para-hydroxylation sites is 1. The Balaban J connectivity index is 1.75. The van der Waals surface area contributed by atoms with Gasteiger partial charge in [0.1, 0.15) is 11.0 Å². The van der Waals surface area contributed by atoms with E-state index in [0.29, 0.717) is 18.0 Å². The van der Waals surface area contributed by atoms with Crippen LogP contribution in [0.1, 0.15) is 17.2 Å². The Labute approximate surface area is 198 Å². The van der Waals surface area contributed by atoms with Gasteiger partial charge in [-0.1, -0.05) is 78.9 Å². The van der Waals surface area contributed by atoms with Crippen molar-refractivity contribution in [3.8, 4) is 0 Å². The molecule has 0 saturated carbocycles. The Kier molecular flexibility index (Phi) is 7.02. The van der Waals surface area contributed by atoms with E-state index in [2.05, 4.69) is 13.2 Å². The Morgan fingerprint density at radius 2 is 1.64 bits per heavy atom. The number of carbonyl (C=O) groups excluding carboxylic acids is 1. The predicted octanol–water partition coefficient (Wildman–Crippen LogP) is 5.47. The van der Waals surface area contributed by atoms with Crippen LogP contribution in [-0.2, 0) is 15.8 Å². The fourth-order valence-electron chi connectivity index (χ4n) is 4.28. The first-order valence-electron chi connectivity index (χ1n) is 11.0. The maximum atomic E-state index is 14.0. The molecule has 3 aromatic carbocycles. The molecule has 0 N–H and O–H groups in total. The van der Waals surface area contributed by atoms with Gasteiger partial charge in [0, 0.05) is 18.8 Å². The van der Waals surface area contributed by atoms with Crippen LogP contribution in [0.25, 0.3) is 0 Å². The SMILES string of the molecule is C=CCN(C(=O)[C@@H]1C(=C)CN([S@@](=O)c2ccc(C)cc2)[C@H]1c1ccccc1)c1ccccc1. The normalized spacial score (nSPS) is 19.2. The van der Waals surface area contributed by atoms with Gasteiger partial charge >= 0.3 is 0 Å². The summed E-state index contributed by atoms with van der Waals surface area (Å²) in [5.41, 5.74) is 3.62. The van der Waals surface area contributed by atoms with Crippen molar-refractivity contribution in [2.45, 2.75) is 17.9 Å². The minimum absolute atomic E-state index is 0.0663. The van der Waals surface area contributed by atoms with Crippen LogP contribution in [0.2, 0.25) is 0 Å². The minimum Gasteiger partial charge on any atom is -0.308 e. The molecule has 4 nitrogen and oxygen atoms in total. The van der Waals surface area contributed by atoms with Crippen LogP contribution in [0, 0.1) is 12.8 Å². The molecule has 3 aromatic rings. The van der Waals surface area contributed by atoms with Gasteiger partial charge < -0.3 is 4.90 Å². The second-order valence-electron chi connectivity index (χ2n) is 8.20. The summed E-state index contributed by atoms with van der Waals surface area (Å²) in [5, 5.41) is 0. The maximum Gasteiger partial charge on any atom is 0.236 e. The number of hydrogen-bond acceptors (Lipinski definition) is 2. The quantitative estimate of drug-likeness (QED) is 0.443. The standard InChI is InChI=1S/C28H28N2O2S/c1-4-19-29(24-13-9-6-10-14-24)28(31)26-22(3)20-30(27(26)23-11-7-5-8-12-23)33(32)25-17-15-21(2)16-18-25/h4-18,26-27H,1,3,19-20H2,2H3/t26-,27+,33+/m1/s1. The van der Waals surface area contributed by atoms with Crippen molar-refractivity contribution >= 4 is 22.6 Å². The molecule has 4 rings (SSSR count). The highest BCUT2D eigenvalue weighted by Crippen LogP contribution is 2.43. The fraction of sp³-hybridized carbons (Fsp3) is 0.179. The first-order valence-corrected chi connectivity index (χ1v) is 12.1. The maximum absolute atomic E-state index is 14.0. The predicted molar refractivity (Wildman–Crippen MR) is 135 cm³/mol. The number of hydrogen-bond donors (Lipinski definition) is 0. The number of carbonyl (C=O) groups is 1. The lowest BCUT2D eigenvalue weighted by Gasteiger charge is -2.30. The van der Waals surface area contributed by atoms with Gasteiger partial charge in [-0.05, 0) is 42.3 Å². The Bertz CT molecular complexity index is 1160. The highest BCUT2D eigenvalue weighted by atomic mass is 32.2. The third-order valence-corrected chi connectivity index (χ3v) is 7.37. The van der Waals surface area contributed by atoms with Gasteiger partial charge in [-0.25, -0.2) is 8.51 Å². The molecule has 168 valence electrons. The van der Waals surface area contributed by atoms with E-state index in [-0.39, 0.29) is 11.9 Å². The smallest absolute Gasteiger partial charge is 0.236 e. The molecule has 0 aliphatic carbocycles. The van der Waals surface area contributed by atoms with E-state index >= 15 is 0 Å². The number of rotatable bonds is 7. The molecule has 5 heteroatoms. The third kappa shape index (κ3) is 4.75. The monoisotopic (exact) mass is 456 g/mol. The molecule has 1 saturated heterocycles. The number of anilines is 1. The van der Waals surface area contributed by atoms with E-state index in [1.54, 1.807) is 11.0 Å². The first kappa shape index (κ1) is 22.9. The molecule has 0 aromatic heterocycles. The lowest BCUT2D eigenvalue weighted by Crippen LogP contribution is -2.39. The second-order valence-corrected chi connectivity index (χ2v) is 9.64. The molecule has 33 heavy (non-hydrogen) atoms. The highest BCUT2D eigenvalue weighted by molar-refractivity contribution is 7.82. The summed E-state index contributed by atoms with van der Waals surface area (Å²) in [6.07, 6.45) is 1.72. The summed E-state index contributed by atoms with van der Waals surface area (Å²) in [6, 6.07) is 26.7. The van der Waals surface area contributed by atoms with Crippen LogP contribution in [0.15, 0.2) is 115 Å². The van der Waals surface area contributed by atoms with Crippen molar-refractivity contribution < 1.29 is 9.00 Å². The van der Waals surface area contributed by atoms with Crippen molar-refractivity contribution in [1.29, 1.82) is 0 Å². The number of aryl methyl sites for hydroxylation is 1. The summed E-state index contributed by atoms with van der Waals surface area (Å²) in [7, 11) is -1.44. The van der Waals surface area contributed by atoms with E-state index in [9.17, 15) is 9.00 Å². The number of nitrogens with zero attached hydrogens (tertiary/aromatic N) is 2. The second kappa shape index (κ2) is 10.1. The van der Waals surface area contributed by atoms with Crippen molar-refractivity contribution in [3.63, 3.8) is 0 Å². The first-order chi connectivity index (χ1) is 16.0. The summed E-state index contributed by atoms with van der Waals surface area (Å²) < 4.78 is 15.6. The Hall–Kier alpha value is -3.28. The van der Waals surface area contributed by atoms with Gasteiger partial charge in [-0.3, -0.25) is 4.79 Å². The van der Waals surface area contributed by atoms with E-state index in [1.807, 2.05) is 96.2 Å². The molecule has 1 amide bonds. The van der Waals surface area contributed by atoms with Gasteiger partial charge in [0.2, 0.25) is 5.91 Å². The summed E-state index contributed by atoms with van der Waals surface area (Å²) in [6.45, 7) is 10.9. The van der Waals surface area contributed by atoms with Crippen molar-refractivity contribution in [1.82, 2.24) is 4.31 Å². The summed E-state index contributed by atoms with van der Waals surface area (Å²) in [5.74, 6) is -0.592. The van der Waals surface area contributed by atoms with E-state index < -0.39 is 16.9 Å². The summed E-state index contributed by atoms with van der Waals surface area (Å²) >= 11 is 0. The minimum atomic E-state index is -1.44. The van der Waals surface area contributed by atoms with Gasteiger partial charge in [0.25, 0.3) is 0 Å². The molecule has 0 unspecified atom stereocenters. The van der Waals surface area contributed by atoms with Crippen LogP contribution in [0.3, 0.4) is 0 Å². The summed E-state index contributed by atoms with van der Waals surface area (Å²) in [4.78, 5) is 16.4. The molecule has 0 bridgehead atoms. The van der Waals surface area contributed by atoms with Crippen LogP contribution in [-0.4, -0.2) is 27.5 Å². The molecule has 1 fully saturated rings. The van der Waals surface area contributed by atoms with Crippen molar-refractivity contribution in [2.24, 2.45) is 5.92 Å². The van der Waals surface area contributed by atoms with E-state index in [1.165, 1.54) is 0 Å². The Morgan fingerprint density at radius 3 is 2.24 bits per heavy atom. The van der Waals surface area contributed by atoms with Crippen LogP contribution in [0.4, 0.5) is 5.69 Å². The number of benzene rings is 3. The van der Waals surface area contributed by atoms with Crippen LogP contribution in [0.5, 0.6) is 0 Å². The average Bonchev–Trinajstić information content (AvgIpc) is 3.20. The molecular weight excluding hydrogens is 428 g/mol. The average molecular weight is 457 g/mol. The van der Waals surface area contributed by atoms with Crippen LogP contribution >= 0.6 is 0 Å². The fourth-order valence-corrected chi connectivity index (χ4v) is 5.66. The van der Waals surface area contributed by atoms with Crippen LogP contribution < -0.4 is 4.90 Å². The molecule has 0 radical (unpaired) electrons. The third-order valence-electron chi connectivity index (χ3n) is 5.91. The van der Waals surface area contributed by atoms with Gasteiger partial charge in [-0.2, -0.15) is 0 Å². The zero-order chi connectivity index (χ0) is 23.4. The van der Waals surface area contributed by atoms with E-state index in [0.717, 1.165) is 22.4 Å². The largest absolute Gasteiger partial charge is 0.308 e. The Morgan fingerprint density at radius 1 is 1.03 bits per heavy atom. The number of amides is 1. The van der Waals surface area contributed by atoms with Gasteiger partial charge in [0.05, 0.1) is 16.9 Å². The highest BCUT2D eigenvalue weighted by Gasteiger charge is 2.46. The molecule has 0 spiro atoms. The van der Waals surface area contributed by atoms with Crippen molar-refractivity contribution in [3.05, 3.63) is 121 Å². The topological polar surface area (TPSA) is 40.6 Å². The zero-order valence-electron chi connectivity index (χ0n) is 18.8. The molecule has 1 aliphatic heterocycles. The molecule has 3 atom stereocenters. The molecule has 1 heterocycles.